The van der Waals surface area contributed by atoms with Crippen LogP contribution in [0.4, 0.5) is 13.2 Å². The SMILES string of the molecule is CN(C(=O)c1cc(C(F)(F)F)ccc1I)C1CC1. The van der Waals surface area contributed by atoms with Gasteiger partial charge in [-0.15, -0.1) is 0 Å². The van der Waals surface area contributed by atoms with Gasteiger partial charge in [-0.05, 0) is 53.6 Å². The maximum Gasteiger partial charge on any atom is 0.416 e. The molecule has 1 aliphatic carbocycles. The Morgan fingerprint density at radius 3 is 2.50 bits per heavy atom. The lowest BCUT2D eigenvalue weighted by molar-refractivity contribution is -0.137. The molecule has 1 fully saturated rings. The van der Waals surface area contributed by atoms with Gasteiger partial charge in [0.1, 0.15) is 0 Å². The molecule has 0 N–H and O–H groups in total. The second-order valence-electron chi connectivity index (χ2n) is 4.34. The maximum atomic E-state index is 12.6. The molecule has 18 heavy (non-hydrogen) atoms. The smallest absolute Gasteiger partial charge is 0.339 e. The average molecular weight is 369 g/mol. The largest absolute Gasteiger partial charge is 0.416 e. The number of benzene rings is 1. The van der Waals surface area contributed by atoms with E-state index in [4.69, 9.17) is 0 Å². The summed E-state index contributed by atoms with van der Waals surface area (Å²) < 4.78 is 38.4. The summed E-state index contributed by atoms with van der Waals surface area (Å²) in [4.78, 5) is 13.6. The van der Waals surface area contributed by atoms with Crippen LogP contribution in [0.3, 0.4) is 0 Å². The zero-order chi connectivity index (χ0) is 13.5. The molecule has 0 spiro atoms. The van der Waals surface area contributed by atoms with Gasteiger partial charge in [-0.2, -0.15) is 13.2 Å². The van der Waals surface area contributed by atoms with Crippen LogP contribution in [0.5, 0.6) is 0 Å². The van der Waals surface area contributed by atoms with E-state index in [2.05, 4.69) is 0 Å². The second-order valence-corrected chi connectivity index (χ2v) is 5.50. The van der Waals surface area contributed by atoms with E-state index in [1.54, 1.807) is 7.05 Å². The molecule has 0 unspecified atom stereocenters. The summed E-state index contributed by atoms with van der Waals surface area (Å²) in [6.45, 7) is 0. The van der Waals surface area contributed by atoms with Crippen LogP contribution in [0, 0.1) is 3.57 Å². The molecular formula is C12H11F3INO. The van der Waals surface area contributed by atoms with E-state index in [0.717, 1.165) is 25.0 Å². The van der Waals surface area contributed by atoms with Crippen molar-refractivity contribution in [3.63, 3.8) is 0 Å². The normalized spacial score (nSPS) is 15.6. The number of nitrogens with zero attached hydrogens (tertiary/aromatic N) is 1. The summed E-state index contributed by atoms with van der Waals surface area (Å²) in [6.07, 6.45) is -2.56. The van der Waals surface area contributed by atoms with Crippen molar-refractivity contribution >= 4 is 28.5 Å². The summed E-state index contributed by atoms with van der Waals surface area (Å²) in [5, 5.41) is 0. The minimum atomic E-state index is -4.42. The van der Waals surface area contributed by atoms with E-state index in [1.807, 2.05) is 22.6 Å². The quantitative estimate of drug-likeness (QED) is 0.731. The Morgan fingerprint density at radius 1 is 1.39 bits per heavy atom. The highest BCUT2D eigenvalue weighted by Gasteiger charge is 2.34. The topological polar surface area (TPSA) is 20.3 Å². The molecule has 1 aromatic carbocycles. The van der Waals surface area contributed by atoms with E-state index >= 15 is 0 Å². The Hall–Kier alpha value is -0.790. The minimum absolute atomic E-state index is 0.125. The highest BCUT2D eigenvalue weighted by atomic mass is 127. The molecule has 0 heterocycles. The number of carbonyl (C=O) groups excluding carboxylic acids is 1. The Labute approximate surface area is 116 Å². The average Bonchev–Trinajstić information content (AvgIpc) is 3.10. The van der Waals surface area contributed by atoms with Gasteiger partial charge in [-0.1, -0.05) is 0 Å². The number of rotatable bonds is 2. The molecule has 98 valence electrons. The number of amides is 1. The first-order valence-electron chi connectivity index (χ1n) is 5.44. The van der Waals surface area contributed by atoms with Crippen molar-refractivity contribution in [3.8, 4) is 0 Å². The molecule has 0 atom stereocenters. The fourth-order valence-electron chi connectivity index (χ4n) is 1.68. The number of halogens is 4. The van der Waals surface area contributed by atoms with Crippen molar-refractivity contribution in [3.05, 3.63) is 32.9 Å². The highest BCUT2D eigenvalue weighted by Crippen LogP contribution is 2.32. The van der Waals surface area contributed by atoms with Crippen molar-refractivity contribution in [2.24, 2.45) is 0 Å². The standard InChI is InChI=1S/C12H11F3INO/c1-17(8-3-4-8)11(18)9-6-7(12(13,14)15)2-5-10(9)16/h2,5-6,8H,3-4H2,1H3. The van der Waals surface area contributed by atoms with Gasteiger partial charge < -0.3 is 4.90 Å². The van der Waals surface area contributed by atoms with Crippen molar-refractivity contribution < 1.29 is 18.0 Å². The van der Waals surface area contributed by atoms with Gasteiger partial charge in [-0.3, -0.25) is 4.79 Å². The van der Waals surface area contributed by atoms with Crippen LogP contribution in [0.2, 0.25) is 0 Å². The first-order chi connectivity index (χ1) is 8.30. The number of alkyl halides is 3. The first kappa shape index (κ1) is 13.6. The summed E-state index contributed by atoms with van der Waals surface area (Å²) >= 11 is 1.88. The van der Waals surface area contributed by atoms with E-state index in [-0.39, 0.29) is 17.5 Å². The third-order valence-corrected chi connectivity index (χ3v) is 3.88. The summed E-state index contributed by atoms with van der Waals surface area (Å²) in [7, 11) is 1.64. The van der Waals surface area contributed by atoms with Gasteiger partial charge in [0, 0.05) is 16.7 Å². The van der Waals surface area contributed by atoms with Gasteiger partial charge in [0.2, 0.25) is 0 Å². The molecule has 0 saturated heterocycles. The van der Waals surface area contributed by atoms with Gasteiger partial charge in [0.25, 0.3) is 5.91 Å². The molecule has 2 nitrogen and oxygen atoms in total. The third-order valence-electron chi connectivity index (χ3n) is 2.94. The van der Waals surface area contributed by atoms with Gasteiger partial charge in [0.05, 0.1) is 11.1 Å². The summed E-state index contributed by atoms with van der Waals surface area (Å²) in [5.74, 6) is -0.340. The van der Waals surface area contributed by atoms with E-state index in [9.17, 15) is 18.0 Å². The fourth-order valence-corrected chi connectivity index (χ4v) is 2.25. The molecule has 2 rings (SSSR count). The van der Waals surface area contributed by atoms with Crippen LogP contribution < -0.4 is 0 Å². The van der Waals surface area contributed by atoms with E-state index < -0.39 is 11.7 Å². The molecule has 1 aliphatic rings. The number of carbonyl (C=O) groups is 1. The van der Waals surface area contributed by atoms with Crippen molar-refractivity contribution in [1.82, 2.24) is 4.90 Å². The van der Waals surface area contributed by atoms with Crippen molar-refractivity contribution in [1.29, 1.82) is 0 Å². The molecule has 1 aromatic rings. The first-order valence-corrected chi connectivity index (χ1v) is 6.52. The van der Waals surface area contributed by atoms with Gasteiger partial charge in [-0.25, -0.2) is 0 Å². The molecule has 0 radical (unpaired) electrons. The third kappa shape index (κ3) is 2.78. The minimum Gasteiger partial charge on any atom is -0.339 e. The van der Waals surface area contributed by atoms with Gasteiger partial charge >= 0.3 is 6.18 Å². The van der Waals surface area contributed by atoms with Gasteiger partial charge in [0.15, 0.2) is 0 Å². The highest BCUT2D eigenvalue weighted by molar-refractivity contribution is 14.1. The fraction of sp³-hybridized carbons (Fsp3) is 0.417. The molecular weight excluding hydrogens is 358 g/mol. The summed E-state index contributed by atoms with van der Waals surface area (Å²) in [6, 6.07) is 3.44. The van der Waals surface area contributed by atoms with Crippen LogP contribution in [0.15, 0.2) is 18.2 Å². The monoisotopic (exact) mass is 369 g/mol. The van der Waals surface area contributed by atoms with E-state index in [0.29, 0.717) is 3.57 Å². The van der Waals surface area contributed by atoms with Crippen LogP contribution >= 0.6 is 22.6 Å². The lowest BCUT2D eigenvalue weighted by Gasteiger charge is -2.18. The lowest BCUT2D eigenvalue weighted by Crippen LogP contribution is -2.29. The lowest BCUT2D eigenvalue weighted by atomic mass is 10.1. The predicted molar refractivity (Wildman–Crippen MR) is 69.3 cm³/mol. The molecule has 6 heteroatoms. The van der Waals surface area contributed by atoms with E-state index in [1.165, 1.54) is 11.0 Å². The van der Waals surface area contributed by atoms with Crippen LogP contribution in [0.25, 0.3) is 0 Å². The Kier molecular flexibility index (Phi) is 3.57. The molecule has 0 aromatic heterocycles. The maximum absolute atomic E-state index is 12.6. The molecule has 0 aliphatic heterocycles. The van der Waals surface area contributed by atoms with Crippen LogP contribution in [-0.2, 0) is 6.18 Å². The Balaban J connectivity index is 2.34. The van der Waals surface area contributed by atoms with Crippen molar-refractivity contribution in [2.75, 3.05) is 7.05 Å². The zero-order valence-electron chi connectivity index (χ0n) is 9.59. The number of hydrogen-bond donors (Lipinski definition) is 0. The number of hydrogen-bond acceptors (Lipinski definition) is 1. The van der Waals surface area contributed by atoms with Crippen LogP contribution in [0.1, 0.15) is 28.8 Å². The Morgan fingerprint density at radius 2 is 2.00 bits per heavy atom. The Bertz CT molecular complexity index is 483. The molecule has 1 amide bonds. The van der Waals surface area contributed by atoms with Crippen LogP contribution in [-0.4, -0.2) is 23.9 Å². The molecule has 1 saturated carbocycles. The predicted octanol–water partition coefficient (Wildman–Crippen LogP) is 3.54. The zero-order valence-corrected chi connectivity index (χ0v) is 11.7. The summed E-state index contributed by atoms with van der Waals surface area (Å²) in [5.41, 5.74) is -0.657. The second kappa shape index (κ2) is 4.71. The van der Waals surface area contributed by atoms with Crippen molar-refractivity contribution in [2.45, 2.75) is 25.1 Å². The molecule has 0 bridgehead atoms.